The third-order valence-corrected chi connectivity index (χ3v) is 6.31. The fraction of sp³-hybridized carbons (Fsp3) is 0.417. The summed E-state index contributed by atoms with van der Waals surface area (Å²) in [6.45, 7) is 9.86. The van der Waals surface area contributed by atoms with Gasteiger partial charge in [-0.15, -0.1) is 0 Å². The van der Waals surface area contributed by atoms with Crippen LogP contribution in [0.25, 0.3) is 0 Å². The minimum Gasteiger partial charge on any atom is -0.492 e. The van der Waals surface area contributed by atoms with Crippen molar-refractivity contribution < 1.29 is 14.6 Å². The zero-order chi connectivity index (χ0) is 20.8. The molecular formula is C24H28N2O3. The Bertz CT molecular complexity index is 988. The summed E-state index contributed by atoms with van der Waals surface area (Å²) < 4.78 is 6.00. The van der Waals surface area contributed by atoms with Crippen LogP contribution in [0.15, 0.2) is 41.5 Å². The van der Waals surface area contributed by atoms with E-state index in [1.54, 1.807) is 24.3 Å². The van der Waals surface area contributed by atoms with Crippen LogP contribution in [0.1, 0.15) is 74.0 Å². The van der Waals surface area contributed by atoms with Crippen molar-refractivity contribution in [2.24, 2.45) is 5.10 Å². The van der Waals surface area contributed by atoms with Gasteiger partial charge < -0.3 is 9.84 Å². The molecule has 0 saturated heterocycles. The van der Waals surface area contributed by atoms with E-state index in [1.165, 1.54) is 17.5 Å². The lowest BCUT2D eigenvalue weighted by Gasteiger charge is -2.42. The van der Waals surface area contributed by atoms with Gasteiger partial charge in [-0.25, -0.2) is 4.79 Å². The monoisotopic (exact) mass is 392 g/mol. The molecule has 1 aliphatic heterocycles. The second-order valence-electron chi connectivity index (χ2n) is 9.31. The van der Waals surface area contributed by atoms with Gasteiger partial charge in [0, 0.05) is 12.0 Å². The topological polar surface area (TPSA) is 70.9 Å². The number of ether oxygens (including phenoxy) is 1. The second kappa shape index (κ2) is 6.90. The van der Waals surface area contributed by atoms with Gasteiger partial charge in [-0.2, -0.15) is 5.10 Å². The lowest BCUT2D eigenvalue weighted by Crippen LogP contribution is -2.34. The number of anilines is 1. The van der Waals surface area contributed by atoms with Crippen molar-refractivity contribution in [2.45, 2.75) is 57.8 Å². The molecule has 4 rings (SSSR count). The van der Waals surface area contributed by atoms with Gasteiger partial charge >= 0.3 is 5.97 Å². The lowest BCUT2D eigenvalue weighted by atomic mass is 9.62. The molecule has 2 aliphatic rings. The standard InChI is InChI=1S/C24H28N2O3/c1-23(2)10-11-24(3,4)19-14-21-17(13-18(19)23)20(9-12-29-21)26-25-16-7-5-15(6-8-16)22(27)28/h5-8,13-14,25H,9-12H2,1-4H3,(H,27,28). The second-order valence-corrected chi connectivity index (χ2v) is 9.31. The number of carboxylic acids is 1. The number of hydrogen-bond donors (Lipinski definition) is 2. The van der Waals surface area contributed by atoms with E-state index in [0.29, 0.717) is 6.61 Å². The van der Waals surface area contributed by atoms with Crippen molar-refractivity contribution >= 4 is 17.4 Å². The summed E-state index contributed by atoms with van der Waals surface area (Å²) in [4.78, 5) is 11.0. The number of hydrazone groups is 1. The average Bonchev–Trinajstić information content (AvgIpc) is 2.69. The fourth-order valence-corrected chi connectivity index (χ4v) is 4.27. The summed E-state index contributed by atoms with van der Waals surface area (Å²) in [5, 5.41) is 13.7. The Morgan fingerprint density at radius 1 is 1.03 bits per heavy atom. The summed E-state index contributed by atoms with van der Waals surface area (Å²) in [5.41, 5.74) is 9.15. The molecule has 0 radical (unpaired) electrons. The molecule has 2 aromatic rings. The van der Waals surface area contributed by atoms with Crippen LogP contribution in [-0.2, 0) is 10.8 Å². The molecule has 2 N–H and O–H groups in total. The molecule has 5 nitrogen and oxygen atoms in total. The third kappa shape index (κ3) is 3.61. The van der Waals surface area contributed by atoms with E-state index in [4.69, 9.17) is 9.84 Å². The van der Waals surface area contributed by atoms with Crippen LogP contribution in [0.2, 0.25) is 0 Å². The molecule has 1 heterocycles. The van der Waals surface area contributed by atoms with Gasteiger partial charge in [0.1, 0.15) is 5.75 Å². The van der Waals surface area contributed by atoms with Crippen LogP contribution in [0, 0.1) is 0 Å². The number of nitrogens with zero attached hydrogens (tertiary/aromatic N) is 1. The Balaban J connectivity index is 1.69. The Hall–Kier alpha value is -2.82. The van der Waals surface area contributed by atoms with Crippen molar-refractivity contribution in [1.82, 2.24) is 0 Å². The molecule has 0 bridgehead atoms. The molecule has 0 aromatic heterocycles. The first-order chi connectivity index (χ1) is 13.7. The van der Waals surface area contributed by atoms with E-state index in [2.05, 4.69) is 50.4 Å². The molecule has 1 aliphatic carbocycles. The van der Waals surface area contributed by atoms with E-state index in [0.717, 1.165) is 35.6 Å². The smallest absolute Gasteiger partial charge is 0.335 e. The molecular weight excluding hydrogens is 364 g/mol. The van der Waals surface area contributed by atoms with Crippen LogP contribution in [0.3, 0.4) is 0 Å². The van der Waals surface area contributed by atoms with E-state index < -0.39 is 5.97 Å². The number of aromatic carboxylic acids is 1. The van der Waals surface area contributed by atoms with Crippen LogP contribution >= 0.6 is 0 Å². The molecule has 0 spiro atoms. The van der Waals surface area contributed by atoms with E-state index in [1.807, 2.05) is 0 Å². The highest BCUT2D eigenvalue weighted by molar-refractivity contribution is 6.04. The van der Waals surface area contributed by atoms with Crippen LogP contribution < -0.4 is 10.2 Å². The van der Waals surface area contributed by atoms with E-state index in [-0.39, 0.29) is 16.4 Å². The molecule has 152 valence electrons. The number of hydrogen-bond acceptors (Lipinski definition) is 4. The number of benzene rings is 2. The SMILES string of the molecule is CC1(C)CCC(C)(C)c2cc3c(cc21)OCCC3=NNc1ccc(C(=O)O)cc1. The Labute approximate surface area is 171 Å². The Morgan fingerprint density at radius 2 is 1.66 bits per heavy atom. The maximum Gasteiger partial charge on any atom is 0.335 e. The van der Waals surface area contributed by atoms with Gasteiger partial charge in [0.25, 0.3) is 0 Å². The van der Waals surface area contributed by atoms with Crippen molar-refractivity contribution in [2.75, 3.05) is 12.0 Å². The summed E-state index contributed by atoms with van der Waals surface area (Å²) >= 11 is 0. The van der Waals surface area contributed by atoms with Gasteiger partial charge in [-0.3, -0.25) is 5.43 Å². The molecule has 0 saturated carbocycles. The van der Waals surface area contributed by atoms with E-state index in [9.17, 15) is 4.79 Å². The minimum atomic E-state index is -0.934. The maximum absolute atomic E-state index is 11.0. The number of nitrogens with one attached hydrogen (secondary N) is 1. The highest BCUT2D eigenvalue weighted by Crippen LogP contribution is 2.48. The molecule has 0 amide bonds. The summed E-state index contributed by atoms with van der Waals surface area (Å²) in [6, 6.07) is 11.1. The molecule has 5 heteroatoms. The highest BCUT2D eigenvalue weighted by atomic mass is 16.5. The van der Waals surface area contributed by atoms with Gasteiger partial charge in [0.2, 0.25) is 0 Å². The molecule has 29 heavy (non-hydrogen) atoms. The largest absolute Gasteiger partial charge is 0.492 e. The molecule has 0 unspecified atom stereocenters. The summed E-state index contributed by atoms with van der Waals surface area (Å²) in [6.07, 6.45) is 3.06. The number of rotatable bonds is 3. The Morgan fingerprint density at radius 3 is 2.28 bits per heavy atom. The van der Waals surface area contributed by atoms with Crippen molar-refractivity contribution in [3.8, 4) is 5.75 Å². The molecule has 0 fully saturated rings. The fourth-order valence-electron chi connectivity index (χ4n) is 4.27. The van der Waals surface area contributed by atoms with Crippen LogP contribution in [0.4, 0.5) is 5.69 Å². The molecule has 2 aromatic carbocycles. The lowest BCUT2D eigenvalue weighted by molar-refractivity contribution is 0.0697. The van der Waals surface area contributed by atoms with Crippen LogP contribution in [0.5, 0.6) is 5.75 Å². The first kappa shape index (κ1) is 19.5. The average molecular weight is 392 g/mol. The van der Waals surface area contributed by atoms with Gasteiger partial charge in [-0.1, -0.05) is 27.7 Å². The quantitative estimate of drug-likeness (QED) is 0.693. The number of carbonyl (C=O) groups is 1. The summed E-state index contributed by atoms with van der Waals surface area (Å²) in [5.74, 6) is -0.0286. The minimum absolute atomic E-state index is 0.128. The normalized spacial score (nSPS) is 20.3. The summed E-state index contributed by atoms with van der Waals surface area (Å²) in [7, 11) is 0. The predicted octanol–water partition coefficient (Wildman–Crippen LogP) is 5.33. The Kier molecular flexibility index (Phi) is 4.64. The zero-order valence-corrected chi connectivity index (χ0v) is 17.5. The van der Waals surface area contributed by atoms with E-state index >= 15 is 0 Å². The number of carboxylic acid groups (broad SMARTS) is 1. The predicted molar refractivity (Wildman–Crippen MR) is 115 cm³/mol. The first-order valence-corrected chi connectivity index (χ1v) is 10.2. The van der Waals surface area contributed by atoms with Crippen molar-refractivity contribution in [3.63, 3.8) is 0 Å². The van der Waals surface area contributed by atoms with Crippen molar-refractivity contribution in [3.05, 3.63) is 58.7 Å². The zero-order valence-electron chi connectivity index (χ0n) is 17.5. The molecule has 0 atom stereocenters. The highest BCUT2D eigenvalue weighted by Gasteiger charge is 2.38. The first-order valence-electron chi connectivity index (χ1n) is 10.2. The van der Waals surface area contributed by atoms with Gasteiger partial charge in [0.15, 0.2) is 0 Å². The van der Waals surface area contributed by atoms with Crippen molar-refractivity contribution in [1.29, 1.82) is 0 Å². The van der Waals surface area contributed by atoms with Gasteiger partial charge in [-0.05, 0) is 71.2 Å². The van der Waals surface area contributed by atoms with Gasteiger partial charge in [0.05, 0.1) is 23.6 Å². The maximum atomic E-state index is 11.0. The van der Waals surface area contributed by atoms with Crippen LogP contribution in [-0.4, -0.2) is 23.4 Å². The number of fused-ring (bicyclic) bond motifs is 2. The third-order valence-electron chi connectivity index (χ3n) is 6.31.